The minimum absolute atomic E-state index is 0.207. The Hall–Kier alpha value is -5.24. The molecule has 0 unspecified atom stereocenters. The van der Waals surface area contributed by atoms with E-state index < -0.39 is 23.6 Å². The fraction of sp³-hybridized carbons (Fsp3) is 0.0667. The normalized spacial score (nSPS) is 14.2. The van der Waals surface area contributed by atoms with Crippen LogP contribution >= 0.6 is 0 Å². The lowest BCUT2D eigenvalue weighted by atomic mass is 10.1. The van der Waals surface area contributed by atoms with Crippen molar-refractivity contribution < 1.29 is 28.7 Å². The van der Waals surface area contributed by atoms with E-state index in [-0.39, 0.29) is 33.6 Å². The van der Waals surface area contributed by atoms with E-state index in [9.17, 15) is 19.2 Å². The summed E-state index contributed by atoms with van der Waals surface area (Å²) in [5.41, 5.74) is 2.43. The molecule has 0 atom stereocenters. The monoisotopic (exact) mass is 504 g/mol. The number of carbonyl (C=O) groups is 4. The number of anilines is 2. The predicted octanol–water partition coefficient (Wildman–Crippen LogP) is 5.40. The first-order valence-corrected chi connectivity index (χ1v) is 11.8. The number of rotatable bonds is 5. The van der Waals surface area contributed by atoms with E-state index in [2.05, 4.69) is 0 Å². The molecule has 186 valence electrons. The number of hydrogen-bond donors (Lipinski definition) is 0. The molecule has 8 nitrogen and oxygen atoms in total. The summed E-state index contributed by atoms with van der Waals surface area (Å²) in [5.74, 6) is -0.540. The van der Waals surface area contributed by atoms with Gasteiger partial charge in [0.15, 0.2) is 0 Å². The molecule has 38 heavy (non-hydrogen) atoms. The van der Waals surface area contributed by atoms with Crippen molar-refractivity contribution in [3.8, 4) is 17.2 Å². The summed E-state index contributed by atoms with van der Waals surface area (Å²) in [7, 11) is 1.48. The van der Waals surface area contributed by atoms with Gasteiger partial charge in [-0.05, 0) is 79.2 Å². The van der Waals surface area contributed by atoms with Crippen LogP contribution < -0.4 is 19.3 Å². The van der Waals surface area contributed by atoms with Gasteiger partial charge in [-0.2, -0.15) is 0 Å². The Labute approximate surface area is 217 Å². The minimum Gasteiger partial charge on any atom is -0.497 e. The topological polar surface area (TPSA) is 93.2 Å². The molecule has 2 aliphatic rings. The van der Waals surface area contributed by atoms with Crippen LogP contribution in [-0.2, 0) is 0 Å². The lowest BCUT2D eigenvalue weighted by molar-refractivity contribution is 0.0912. The Kier molecular flexibility index (Phi) is 5.31. The fourth-order valence-electron chi connectivity index (χ4n) is 4.69. The van der Waals surface area contributed by atoms with Crippen molar-refractivity contribution in [3.05, 3.63) is 113 Å². The number of amides is 4. The second-order valence-corrected chi connectivity index (χ2v) is 8.95. The highest BCUT2D eigenvalue weighted by molar-refractivity contribution is 6.36. The highest BCUT2D eigenvalue weighted by atomic mass is 16.5. The summed E-state index contributed by atoms with van der Waals surface area (Å²) in [4.78, 5) is 54.8. The Balaban J connectivity index is 1.31. The molecular formula is C30H20N2O6. The van der Waals surface area contributed by atoms with Crippen molar-refractivity contribution in [1.29, 1.82) is 0 Å². The summed E-state index contributed by atoms with van der Waals surface area (Å²) < 4.78 is 11.1. The van der Waals surface area contributed by atoms with Gasteiger partial charge in [-0.25, -0.2) is 9.80 Å². The van der Waals surface area contributed by atoms with Crippen molar-refractivity contribution in [2.75, 3.05) is 16.9 Å². The highest BCUT2D eigenvalue weighted by Gasteiger charge is 2.40. The average Bonchev–Trinajstić information content (AvgIpc) is 3.32. The Morgan fingerprint density at radius 3 is 1.61 bits per heavy atom. The molecule has 0 saturated heterocycles. The third-order valence-corrected chi connectivity index (χ3v) is 6.52. The number of methoxy groups -OCH3 is 1. The van der Waals surface area contributed by atoms with E-state index in [1.54, 1.807) is 54.6 Å². The first-order chi connectivity index (χ1) is 18.4. The van der Waals surface area contributed by atoms with Crippen molar-refractivity contribution in [1.82, 2.24) is 0 Å². The van der Waals surface area contributed by atoms with E-state index in [0.717, 1.165) is 15.4 Å². The molecule has 0 bridgehead atoms. The van der Waals surface area contributed by atoms with Crippen LogP contribution in [-0.4, -0.2) is 30.7 Å². The summed E-state index contributed by atoms with van der Waals surface area (Å²) in [5, 5.41) is 0. The van der Waals surface area contributed by atoms with Crippen LogP contribution in [0.4, 0.5) is 11.4 Å². The second kappa shape index (κ2) is 8.70. The molecule has 8 heteroatoms. The van der Waals surface area contributed by atoms with Gasteiger partial charge in [0.2, 0.25) is 0 Å². The lowest BCUT2D eigenvalue weighted by Gasteiger charge is -2.18. The summed E-state index contributed by atoms with van der Waals surface area (Å²) in [6, 6.07) is 23.1. The number of imide groups is 2. The smallest absolute Gasteiger partial charge is 0.266 e. The van der Waals surface area contributed by atoms with E-state index in [1.807, 2.05) is 25.1 Å². The van der Waals surface area contributed by atoms with Gasteiger partial charge in [-0.15, -0.1) is 0 Å². The molecule has 4 aromatic rings. The Morgan fingerprint density at radius 2 is 1.03 bits per heavy atom. The van der Waals surface area contributed by atoms with Crippen molar-refractivity contribution in [2.45, 2.75) is 6.92 Å². The van der Waals surface area contributed by atoms with Crippen molar-refractivity contribution in [2.24, 2.45) is 0 Å². The minimum atomic E-state index is -0.524. The van der Waals surface area contributed by atoms with Gasteiger partial charge in [0, 0.05) is 0 Å². The number of carbonyl (C=O) groups excluding carboxylic acids is 4. The third-order valence-electron chi connectivity index (χ3n) is 6.52. The SMILES string of the molecule is COc1ccc2c(c1)C(=O)N(c1cccc(N3C(=O)c4ccc(Oc5cccc(C)c5)cc4C3=O)c1)C2=O. The van der Waals surface area contributed by atoms with Gasteiger partial charge in [0.1, 0.15) is 17.2 Å². The van der Waals surface area contributed by atoms with Gasteiger partial charge in [-0.3, -0.25) is 19.2 Å². The van der Waals surface area contributed by atoms with Gasteiger partial charge in [0.25, 0.3) is 23.6 Å². The number of ether oxygens (including phenoxy) is 2. The van der Waals surface area contributed by atoms with E-state index in [0.29, 0.717) is 17.2 Å². The molecule has 0 radical (unpaired) electrons. The number of benzene rings is 4. The summed E-state index contributed by atoms with van der Waals surface area (Å²) in [6.45, 7) is 1.95. The third kappa shape index (κ3) is 3.62. The predicted molar refractivity (Wildman–Crippen MR) is 139 cm³/mol. The van der Waals surface area contributed by atoms with Crippen molar-refractivity contribution in [3.63, 3.8) is 0 Å². The van der Waals surface area contributed by atoms with Crippen LogP contribution in [0.15, 0.2) is 84.9 Å². The number of fused-ring (bicyclic) bond motifs is 2. The molecule has 4 aromatic carbocycles. The van der Waals surface area contributed by atoms with Gasteiger partial charge < -0.3 is 9.47 Å². The van der Waals surface area contributed by atoms with Crippen LogP contribution in [0.25, 0.3) is 0 Å². The van der Waals surface area contributed by atoms with Gasteiger partial charge in [0.05, 0.1) is 40.7 Å². The zero-order chi connectivity index (χ0) is 26.6. The first-order valence-electron chi connectivity index (χ1n) is 11.8. The van der Waals surface area contributed by atoms with Crippen LogP contribution in [0.2, 0.25) is 0 Å². The number of nitrogens with zero attached hydrogens (tertiary/aromatic N) is 2. The van der Waals surface area contributed by atoms with Gasteiger partial charge >= 0.3 is 0 Å². The van der Waals surface area contributed by atoms with Crippen molar-refractivity contribution >= 4 is 35.0 Å². The standard InChI is InChI=1S/C30H20N2O6/c1-17-5-3-8-21(13-17)38-22-10-12-24-26(16-22)30(36)32(28(24)34)19-7-4-6-18(14-19)31-27(33)23-11-9-20(37-2)15-25(23)29(31)35/h3-16H,1-2H3. The molecule has 0 saturated carbocycles. The largest absolute Gasteiger partial charge is 0.497 e. The molecule has 0 fully saturated rings. The lowest BCUT2D eigenvalue weighted by Crippen LogP contribution is -2.31. The van der Waals surface area contributed by atoms with E-state index in [1.165, 1.54) is 19.2 Å². The van der Waals surface area contributed by atoms with Crippen LogP contribution in [0.5, 0.6) is 17.2 Å². The van der Waals surface area contributed by atoms with E-state index >= 15 is 0 Å². The van der Waals surface area contributed by atoms with Crippen LogP contribution in [0.3, 0.4) is 0 Å². The number of hydrogen-bond acceptors (Lipinski definition) is 6. The maximum atomic E-state index is 13.4. The molecule has 0 N–H and O–H groups in total. The molecule has 0 aromatic heterocycles. The maximum absolute atomic E-state index is 13.4. The average molecular weight is 504 g/mol. The zero-order valence-corrected chi connectivity index (χ0v) is 20.4. The molecule has 4 amide bonds. The zero-order valence-electron chi connectivity index (χ0n) is 20.4. The molecule has 2 aliphatic heterocycles. The Morgan fingerprint density at radius 1 is 0.526 bits per heavy atom. The molecular weight excluding hydrogens is 484 g/mol. The molecule has 6 rings (SSSR count). The van der Waals surface area contributed by atoms with Gasteiger partial charge in [-0.1, -0.05) is 18.2 Å². The fourth-order valence-corrected chi connectivity index (χ4v) is 4.69. The molecule has 0 aliphatic carbocycles. The quantitative estimate of drug-likeness (QED) is 0.338. The first kappa shape index (κ1) is 23.2. The highest BCUT2D eigenvalue weighted by Crippen LogP contribution is 2.36. The number of aryl methyl sites for hydroxylation is 1. The molecule has 2 heterocycles. The summed E-state index contributed by atoms with van der Waals surface area (Å²) in [6.07, 6.45) is 0. The Bertz CT molecular complexity index is 1690. The maximum Gasteiger partial charge on any atom is 0.266 e. The van der Waals surface area contributed by atoms with E-state index in [4.69, 9.17) is 9.47 Å². The summed E-state index contributed by atoms with van der Waals surface area (Å²) >= 11 is 0. The van der Waals surface area contributed by atoms with Crippen LogP contribution in [0, 0.1) is 6.92 Å². The van der Waals surface area contributed by atoms with Crippen LogP contribution in [0.1, 0.15) is 47.0 Å². The molecule has 0 spiro atoms. The second-order valence-electron chi connectivity index (χ2n) is 8.95.